The fourth-order valence-corrected chi connectivity index (χ4v) is 1.70. The van der Waals surface area contributed by atoms with Crippen molar-refractivity contribution in [2.24, 2.45) is 0 Å². The average molecular weight is 246 g/mol. The Morgan fingerprint density at radius 2 is 2.28 bits per heavy atom. The lowest BCUT2D eigenvalue weighted by Gasteiger charge is -2.28. The lowest BCUT2D eigenvalue weighted by atomic mass is 10.2. The molecule has 1 aliphatic heterocycles. The number of morpholine rings is 1. The summed E-state index contributed by atoms with van der Waals surface area (Å²) in [6.45, 7) is 1.35. The van der Waals surface area contributed by atoms with Crippen LogP contribution in [0.4, 0.5) is 4.79 Å². The van der Waals surface area contributed by atoms with Crippen molar-refractivity contribution in [2.75, 3.05) is 19.7 Å². The average Bonchev–Trinajstić information content (AvgIpc) is 2.46. The summed E-state index contributed by atoms with van der Waals surface area (Å²) in [6, 6.07) is 11.5. The predicted molar refractivity (Wildman–Crippen MR) is 63.6 cm³/mol. The summed E-state index contributed by atoms with van der Waals surface area (Å²) in [5.41, 5.74) is 0.941. The standard InChI is InChI=1S/C13H14N2O3/c14-8-12-9-15(6-7-17-12)13(16)18-10-11-4-2-1-3-5-11/h1-5,12H,6-7,9-10H2/t12-/m0/s1. The highest BCUT2D eigenvalue weighted by atomic mass is 16.6. The van der Waals surface area contributed by atoms with Crippen molar-refractivity contribution in [3.8, 4) is 6.07 Å². The van der Waals surface area contributed by atoms with E-state index >= 15 is 0 Å². The molecule has 1 atom stereocenters. The van der Waals surface area contributed by atoms with Crippen molar-refractivity contribution in [3.63, 3.8) is 0 Å². The molecular formula is C13H14N2O3. The van der Waals surface area contributed by atoms with Gasteiger partial charge in [-0.25, -0.2) is 4.79 Å². The molecule has 0 spiro atoms. The molecule has 0 bridgehead atoms. The molecule has 1 aromatic rings. The van der Waals surface area contributed by atoms with Crippen molar-refractivity contribution in [3.05, 3.63) is 35.9 Å². The molecule has 1 fully saturated rings. The van der Waals surface area contributed by atoms with Crippen molar-refractivity contribution in [1.82, 2.24) is 4.90 Å². The monoisotopic (exact) mass is 246 g/mol. The zero-order chi connectivity index (χ0) is 12.8. The molecular weight excluding hydrogens is 232 g/mol. The Balaban J connectivity index is 1.83. The summed E-state index contributed by atoms with van der Waals surface area (Å²) >= 11 is 0. The third-order valence-electron chi connectivity index (χ3n) is 2.67. The second kappa shape index (κ2) is 6.03. The van der Waals surface area contributed by atoms with E-state index in [0.29, 0.717) is 13.2 Å². The number of hydrogen-bond acceptors (Lipinski definition) is 4. The van der Waals surface area contributed by atoms with Crippen LogP contribution in [0.1, 0.15) is 5.56 Å². The van der Waals surface area contributed by atoms with E-state index in [2.05, 4.69) is 0 Å². The second-order valence-corrected chi connectivity index (χ2v) is 3.97. The first-order chi connectivity index (χ1) is 8.79. The third-order valence-corrected chi connectivity index (χ3v) is 2.67. The number of nitrogens with zero attached hydrogens (tertiary/aromatic N) is 2. The lowest BCUT2D eigenvalue weighted by molar-refractivity contribution is -0.00349. The van der Waals surface area contributed by atoms with Crippen LogP contribution in [0.25, 0.3) is 0 Å². The van der Waals surface area contributed by atoms with Gasteiger partial charge in [0.2, 0.25) is 0 Å². The molecule has 0 aromatic heterocycles. The highest BCUT2D eigenvalue weighted by molar-refractivity contribution is 5.67. The van der Waals surface area contributed by atoms with Gasteiger partial charge in [-0.15, -0.1) is 0 Å². The fraction of sp³-hybridized carbons (Fsp3) is 0.385. The smallest absolute Gasteiger partial charge is 0.410 e. The molecule has 2 rings (SSSR count). The SMILES string of the molecule is N#C[C@H]1CN(C(=O)OCc2ccccc2)CCO1. The first kappa shape index (κ1) is 12.4. The van der Waals surface area contributed by atoms with E-state index in [1.165, 1.54) is 4.90 Å². The quantitative estimate of drug-likeness (QED) is 0.794. The van der Waals surface area contributed by atoms with Crippen LogP contribution in [0.2, 0.25) is 0 Å². The maximum Gasteiger partial charge on any atom is 0.410 e. The molecule has 1 aliphatic rings. The molecule has 1 aromatic carbocycles. The molecule has 0 unspecified atom stereocenters. The minimum Gasteiger partial charge on any atom is -0.445 e. The Labute approximate surface area is 106 Å². The Kier molecular flexibility index (Phi) is 4.15. The molecule has 94 valence electrons. The van der Waals surface area contributed by atoms with Crippen LogP contribution in [0.15, 0.2) is 30.3 Å². The summed E-state index contributed by atoms with van der Waals surface area (Å²) < 4.78 is 10.3. The van der Waals surface area contributed by atoms with E-state index in [9.17, 15) is 4.79 Å². The van der Waals surface area contributed by atoms with Crippen LogP contribution in [-0.4, -0.2) is 36.8 Å². The minimum atomic E-state index is -0.553. The molecule has 5 heteroatoms. The number of amides is 1. The molecule has 5 nitrogen and oxygen atoms in total. The van der Waals surface area contributed by atoms with Crippen LogP contribution in [0.3, 0.4) is 0 Å². The van der Waals surface area contributed by atoms with Gasteiger partial charge >= 0.3 is 6.09 Å². The highest BCUT2D eigenvalue weighted by Crippen LogP contribution is 2.08. The Morgan fingerprint density at radius 1 is 1.50 bits per heavy atom. The van der Waals surface area contributed by atoms with E-state index in [4.69, 9.17) is 14.7 Å². The van der Waals surface area contributed by atoms with E-state index < -0.39 is 12.2 Å². The number of nitriles is 1. The van der Waals surface area contributed by atoms with Crippen LogP contribution in [0, 0.1) is 11.3 Å². The molecule has 1 heterocycles. The Morgan fingerprint density at radius 3 is 3.00 bits per heavy atom. The molecule has 0 aliphatic carbocycles. The van der Waals surface area contributed by atoms with Gasteiger partial charge in [-0.1, -0.05) is 30.3 Å². The number of hydrogen-bond donors (Lipinski definition) is 0. The van der Waals surface area contributed by atoms with Crippen LogP contribution < -0.4 is 0 Å². The van der Waals surface area contributed by atoms with Gasteiger partial charge in [-0.05, 0) is 5.56 Å². The second-order valence-electron chi connectivity index (χ2n) is 3.97. The van der Waals surface area contributed by atoms with Gasteiger partial charge in [0.15, 0.2) is 6.10 Å². The summed E-state index contributed by atoms with van der Waals surface area (Å²) in [5.74, 6) is 0. The Bertz CT molecular complexity index is 441. The minimum absolute atomic E-state index is 0.244. The molecule has 0 saturated carbocycles. The van der Waals surface area contributed by atoms with Gasteiger partial charge < -0.3 is 14.4 Å². The Hall–Kier alpha value is -2.06. The first-order valence-electron chi connectivity index (χ1n) is 5.76. The number of rotatable bonds is 2. The van der Waals surface area contributed by atoms with Crippen molar-refractivity contribution in [2.45, 2.75) is 12.7 Å². The van der Waals surface area contributed by atoms with Gasteiger partial charge in [0.25, 0.3) is 0 Å². The molecule has 0 N–H and O–H groups in total. The van der Waals surface area contributed by atoms with Crippen LogP contribution >= 0.6 is 0 Å². The fourth-order valence-electron chi connectivity index (χ4n) is 1.70. The summed E-state index contributed by atoms with van der Waals surface area (Å²) in [6.07, 6.45) is -0.953. The largest absolute Gasteiger partial charge is 0.445 e. The summed E-state index contributed by atoms with van der Waals surface area (Å²) in [4.78, 5) is 13.3. The van der Waals surface area contributed by atoms with Crippen molar-refractivity contribution in [1.29, 1.82) is 5.26 Å². The molecule has 1 saturated heterocycles. The number of carbonyl (C=O) groups is 1. The zero-order valence-corrected chi connectivity index (χ0v) is 9.91. The van der Waals surface area contributed by atoms with E-state index in [1.807, 2.05) is 36.4 Å². The van der Waals surface area contributed by atoms with E-state index in [0.717, 1.165) is 5.56 Å². The number of ether oxygens (including phenoxy) is 2. The van der Waals surface area contributed by atoms with Gasteiger partial charge in [0.1, 0.15) is 6.61 Å². The number of carbonyl (C=O) groups excluding carboxylic acids is 1. The first-order valence-corrected chi connectivity index (χ1v) is 5.76. The molecule has 18 heavy (non-hydrogen) atoms. The van der Waals surface area contributed by atoms with E-state index in [-0.39, 0.29) is 13.2 Å². The lowest BCUT2D eigenvalue weighted by Crippen LogP contribution is -2.45. The topological polar surface area (TPSA) is 62.6 Å². The van der Waals surface area contributed by atoms with Crippen LogP contribution in [-0.2, 0) is 16.1 Å². The van der Waals surface area contributed by atoms with Gasteiger partial charge in [-0.2, -0.15) is 5.26 Å². The summed E-state index contributed by atoms with van der Waals surface area (Å²) in [5, 5.41) is 8.74. The zero-order valence-electron chi connectivity index (χ0n) is 9.91. The maximum absolute atomic E-state index is 11.8. The summed E-state index contributed by atoms with van der Waals surface area (Å²) in [7, 11) is 0. The van der Waals surface area contributed by atoms with Crippen LogP contribution in [0.5, 0.6) is 0 Å². The highest BCUT2D eigenvalue weighted by Gasteiger charge is 2.24. The normalized spacial score (nSPS) is 19.1. The number of benzene rings is 1. The predicted octanol–water partition coefficient (Wildman–Crippen LogP) is 1.55. The van der Waals surface area contributed by atoms with E-state index in [1.54, 1.807) is 0 Å². The van der Waals surface area contributed by atoms with Crippen molar-refractivity contribution < 1.29 is 14.3 Å². The molecule has 0 radical (unpaired) electrons. The molecule has 1 amide bonds. The van der Waals surface area contributed by atoms with Gasteiger partial charge in [0, 0.05) is 6.54 Å². The van der Waals surface area contributed by atoms with Crippen molar-refractivity contribution >= 4 is 6.09 Å². The van der Waals surface area contributed by atoms with Gasteiger partial charge in [0.05, 0.1) is 19.2 Å². The maximum atomic E-state index is 11.8. The van der Waals surface area contributed by atoms with Gasteiger partial charge in [-0.3, -0.25) is 0 Å². The third kappa shape index (κ3) is 3.22.